The third-order valence-electron chi connectivity index (χ3n) is 9.98. The molecule has 0 saturated carbocycles. The highest BCUT2D eigenvalue weighted by Gasteiger charge is 2.43. The van der Waals surface area contributed by atoms with Crippen LogP contribution < -0.4 is 19.7 Å². The molecule has 0 spiro atoms. The number of thioether (sulfide) groups is 1. The first-order chi connectivity index (χ1) is 26.2. The van der Waals surface area contributed by atoms with E-state index < -0.39 is 57.6 Å². The summed E-state index contributed by atoms with van der Waals surface area (Å²) in [4.78, 5) is 45.2. The van der Waals surface area contributed by atoms with Crippen molar-refractivity contribution in [2.75, 3.05) is 30.9 Å². The normalized spacial score (nSPS) is 18.2. The van der Waals surface area contributed by atoms with Crippen molar-refractivity contribution in [3.63, 3.8) is 0 Å². The number of hydrogen-bond acceptors (Lipinski definition) is 9. The number of esters is 1. The zero-order valence-electron chi connectivity index (χ0n) is 32.9. The number of hydrogen-bond donors (Lipinski definition) is 2. The van der Waals surface area contributed by atoms with Crippen LogP contribution in [-0.2, 0) is 29.1 Å². The van der Waals surface area contributed by atoms with Gasteiger partial charge in [-0.05, 0) is 76.5 Å². The van der Waals surface area contributed by atoms with E-state index in [1.165, 1.54) is 22.7 Å². The molecule has 0 bridgehead atoms. The lowest BCUT2D eigenvalue weighted by Gasteiger charge is -2.37. The highest BCUT2D eigenvalue weighted by atomic mass is 32.2. The van der Waals surface area contributed by atoms with E-state index in [2.05, 4.69) is 28.8 Å². The Morgan fingerprint density at radius 1 is 0.982 bits per heavy atom. The summed E-state index contributed by atoms with van der Waals surface area (Å²) < 4.78 is 43.7. The molecule has 13 heteroatoms. The minimum atomic E-state index is -4.04. The van der Waals surface area contributed by atoms with Crippen LogP contribution in [0.15, 0.2) is 82.6 Å². The Balaban J connectivity index is 1.44. The molecule has 0 aromatic heterocycles. The summed E-state index contributed by atoms with van der Waals surface area (Å²) in [7, 11) is -4.04. The molecule has 2 atom stereocenters. The number of sulfonamides is 1. The lowest BCUT2D eigenvalue weighted by Crippen LogP contribution is -2.53. The van der Waals surface area contributed by atoms with Crippen molar-refractivity contribution in [3.05, 3.63) is 78.4 Å². The fourth-order valence-corrected chi connectivity index (χ4v) is 9.54. The molecular formula is C42H56N4O7S2. The van der Waals surface area contributed by atoms with Crippen LogP contribution in [0.3, 0.4) is 0 Å². The Kier molecular flexibility index (Phi) is 14.0. The van der Waals surface area contributed by atoms with Crippen molar-refractivity contribution in [2.45, 2.75) is 119 Å². The predicted molar refractivity (Wildman–Crippen MR) is 217 cm³/mol. The highest BCUT2D eigenvalue weighted by molar-refractivity contribution is 7.98. The van der Waals surface area contributed by atoms with E-state index in [0.29, 0.717) is 54.9 Å². The summed E-state index contributed by atoms with van der Waals surface area (Å²) in [5, 5.41) is 2.84. The number of amides is 2. The van der Waals surface area contributed by atoms with Gasteiger partial charge < -0.3 is 24.6 Å². The summed E-state index contributed by atoms with van der Waals surface area (Å²) >= 11 is 1.39. The summed E-state index contributed by atoms with van der Waals surface area (Å²) in [6.45, 7) is 9.90. The zero-order valence-corrected chi connectivity index (χ0v) is 34.6. The minimum Gasteiger partial charge on any atom is -0.483 e. The average molecular weight is 793 g/mol. The third kappa shape index (κ3) is 10.4. The van der Waals surface area contributed by atoms with Crippen molar-refractivity contribution in [3.8, 4) is 5.75 Å². The first kappa shape index (κ1) is 42.1. The second kappa shape index (κ2) is 18.3. The van der Waals surface area contributed by atoms with Gasteiger partial charge in [-0.1, -0.05) is 88.1 Å². The minimum absolute atomic E-state index is 0.0685. The van der Waals surface area contributed by atoms with Crippen LogP contribution in [0.5, 0.6) is 5.75 Å². The Hall–Kier alpha value is -4.07. The number of nitrogens with zero attached hydrogens (tertiary/aromatic N) is 2. The smallest absolute Gasteiger partial charge is 0.329 e. The van der Waals surface area contributed by atoms with E-state index in [-0.39, 0.29) is 10.6 Å². The summed E-state index contributed by atoms with van der Waals surface area (Å²) in [5.41, 5.74) is 0.556. The number of carbonyl (C=O) groups excluding carboxylic acids is 3. The second-order valence-electron chi connectivity index (χ2n) is 15.4. The average Bonchev–Trinajstić information content (AvgIpc) is 3.63. The van der Waals surface area contributed by atoms with Crippen LogP contribution in [0.2, 0.25) is 0 Å². The number of para-hydroxylation sites is 1. The Labute approximate surface area is 331 Å². The molecule has 0 aliphatic carbocycles. The van der Waals surface area contributed by atoms with E-state index in [1.54, 1.807) is 45.0 Å². The molecule has 3 aromatic rings. The molecule has 298 valence electrons. The molecule has 2 aliphatic heterocycles. The molecule has 1 saturated heterocycles. The monoisotopic (exact) mass is 792 g/mol. The van der Waals surface area contributed by atoms with E-state index in [0.717, 1.165) is 31.4 Å². The number of ether oxygens (including phenoxy) is 2. The van der Waals surface area contributed by atoms with Crippen LogP contribution in [0.25, 0.3) is 0 Å². The van der Waals surface area contributed by atoms with Gasteiger partial charge >= 0.3 is 5.97 Å². The van der Waals surface area contributed by atoms with Gasteiger partial charge in [-0.2, -0.15) is 0 Å². The summed E-state index contributed by atoms with van der Waals surface area (Å²) in [6, 6.07) is 20.2. The Morgan fingerprint density at radius 2 is 1.62 bits per heavy atom. The van der Waals surface area contributed by atoms with Crippen LogP contribution in [0, 0.1) is 0 Å². The first-order valence-electron chi connectivity index (χ1n) is 19.3. The number of anilines is 2. The quantitative estimate of drug-likeness (QED) is 0.118. The largest absolute Gasteiger partial charge is 0.483 e. The first-order valence-corrected chi connectivity index (χ1v) is 22.0. The van der Waals surface area contributed by atoms with Crippen LogP contribution in [0.4, 0.5) is 11.4 Å². The number of nitrogens with one attached hydrogen (secondary N) is 2. The van der Waals surface area contributed by atoms with Gasteiger partial charge in [-0.3, -0.25) is 9.59 Å². The van der Waals surface area contributed by atoms with Gasteiger partial charge in [-0.15, -0.1) is 11.8 Å². The fourth-order valence-electron chi connectivity index (χ4n) is 7.33. The van der Waals surface area contributed by atoms with Gasteiger partial charge in [0, 0.05) is 24.8 Å². The van der Waals surface area contributed by atoms with Gasteiger partial charge in [0.15, 0.2) is 6.61 Å². The Bertz CT molecular complexity index is 1890. The van der Waals surface area contributed by atoms with Gasteiger partial charge in [0.25, 0.3) is 11.8 Å². The van der Waals surface area contributed by atoms with Crippen molar-refractivity contribution < 1.29 is 32.3 Å². The van der Waals surface area contributed by atoms with Crippen molar-refractivity contribution in [2.24, 2.45) is 0 Å². The maximum Gasteiger partial charge on any atom is 0.329 e. The van der Waals surface area contributed by atoms with Crippen LogP contribution >= 0.6 is 11.8 Å². The molecule has 2 N–H and O–H groups in total. The lowest BCUT2D eigenvalue weighted by atomic mass is 9.87. The van der Waals surface area contributed by atoms with Gasteiger partial charge in [-0.25, -0.2) is 17.9 Å². The maximum atomic E-state index is 14.4. The lowest BCUT2D eigenvalue weighted by molar-refractivity contribution is -0.163. The Morgan fingerprint density at radius 3 is 2.22 bits per heavy atom. The molecule has 1 fully saturated rings. The van der Waals surface area contributed by atoms with Gasteiger partial charge in [0.2, 0.25) is 10.0 Å². The molecule has 1 unspecified atom stereocenters. The second-order valence-corrected chi connectivity index (χ2v) is 17.9. The number of carbonyl (C=O) groups is 3. The summed E-state index contributed by atoms with van der Waals surface area (Å²) in [6.07, 6.45) is 7.96. The van der Waals surface area contributed by atoms with Gasteiger partial charge in [0.05, 0.1) is 16.1 Å². The number of benzene rings is 3. The number of rotatable bonds is 15. The number of fused-ring (bicyclic) bond motifs is 1. The molecule has 0 radical (unpaired) electrons. The molecule has 3 aromatic carbocycles. The number of likely N-dealkylation sites (tertiary alicyclic amines) is 1. The zero-order chi connectivity index (χ0) is 39.8. The van der Waals surface area contributed by atoms with Gasteiger partial charge in [0.1, 0.15) is 28.3 Å². The molecule has 55 heavy (non-hydrogen) atoms. The highest BCUT2D eigenvalue weighted by Crippen LogP contribution is 2.44. The molecule has 2 amide bonds. The van der Waals surface area contributed by atoms with Crippen LogP contribution in [0.1, 0.15) is 97.6 Å². The summed E-state index contributed by atoms with van der Waals surface area (Å²) in [5.74, 6) is -1.24. The van der Waals surface area contributed by atoms with E-state index in [4.69, 9.17) is 9.47 Å². The molecule has 2 heterocycles. The van der Waals surface area contributed by atoms with E-state index >= 15 is 0 Å². The van der Waals surface area contributed by atoms with Crippen molar-refractivity contribution in [1.29, 1.82) is 0 Å². The van der Waals surface area contributed by atoms with Crippen molar-refractivity contribution >= 4 is 50.9 Å². The molecular weight excluding hydrogens is 737 g/mol. The molecule has 5 rings (SSSR count). The number of unbranched alkanes of at least 4 members (excludes halogenated alkanes) is 2. The predicted octanol–water partition coefficient (Wildman–Crippen LogP) is 7.53. The molecule has 11 nitrogen and oxygen atoms in total. The van der Waals surface area contributed by atoms with E-state index in [9.17, 15) is 22.8 Å². The molecule has 2 aliphatic rings. The standard InChI is InChI=1S/C42H56N4O7S2/c1-7-9-23-42(24-10-8-2)29-46(31-20-15-12-16-21-31)33-26-35(54-6)34(27-36(33)55(50,51)44-42)52-28-37(47)43-38(30-18-13-11-14-19-30)39(48)45-25-17-22-32(45)40(49)53-41(3,4)5/h11-16,18-21,26-27,32,38,44H,7-10,17,22-25,28-29H2,1-6H3,(H,43,47)/t32?,38-/m1/s1. The third-order valence-corrected chi connectivity index (χ3v) is 12.3. The van der Waals surface area contributed by atoms with Crippen molar-refractivity contribution in [1.82, 2.24) is 14.9 Å². The van der Waals surface area contributed by atoms with Crippen LogP contribution in [-0.4, -0.2) is 74.2 Å². The SMILES string of the molecule is CCCCC1(CCCC)CN(c2ccccc2)c2cc(SC)c(OCC(=O)N[C@@H](C(=O)N3CCCC3C(=O)OC(C)(C)C)c3ccccc3)cc2S(=O)(=O)N1. The maximum absolute atomic E-state index is 14.4. The fraction of sp³-hybridized carbons (Fsp3) is 0.500. The topological polar surface area (TPSA) is 134 Å². The van der Waals surface area contributed by atoms with E-state index in [1.807, 2.05) is 48.7 Å².